The molecule has 3 aromatic heterocycles. The third-order valence-electron chi connectivity index (χ3n) is 9.64. The maximum absolute atomic E-state index is 10.9. The van der Waals surface area contributed by atoms with E-state index in [1.807, 2.05) is 42.5 Å². The van der Waals surface area contributed by atoms with Crippen molar-refractivity contribution in [3.05, 3.63) is 163 Å². The molecule has 0 aliphatic rings. The molecule has 0 unspecified atom stereocenters. The summed E-state index contributed by atoms with van der Waals surface area (Å²) in [4.78, 5) is 10.3. The standard InChI is InChI=1S/C45H26N4S/c46-27-36-42(31-23-22-28-12-7-8-15-30(28)26-31)47-45(29-13-3-1-4-14-29)48-43(36)34-19-11-21-39-40(34)35-24-25-38-41(44(35)50-39)33-18-9-10-20-37(33)49(38)32-16-5-2-6-17-32/h1-26H. The van der Waals surface area contributed by atoms with Gasteiger partial charge in [0.25, 0.3) is 0 Å². The van der Waals surface area contributed by atoms with E-state index in [1.54, 1.807) is 11.3 Å². The van der Waals surface area contributed by atoms with E-state index >= 15 is 0 Å². The van der Waals surface area contributed by atoms with E-state index in [0.717, 1.165) is 48.6 Å². The average Bonchev–Trinajstić information content (AvgIpc) is 3.74. The highest BCUT2D eigenvalue weighted by molar-refractivity contribution is 7.27. The van der Waals surface area contributed by atoms with E-state index in [-0.39, 0.29) is 0 Å². The van der Waals surface area contributed by atoms with Crippen molar-refractivity contribution < 1.29 is 0 Å². The van der Waals surface area contributed by atoms with E-state index in [9.17, 15) is 5.26 Å². The SMILES string of the molecule is N#Cc1c(-c2ccc3ccccc3c2)nc(-c2ccccc2)nc1-c1cccc2sc3c(ccc4c3c3ccccc3n4-c3ccccc3)c12. The maximum atomic E-state index is 10.9. The van der Waals surface area contributed by atoms with E-state index in [1.165, 1.54) is 26.5 Å². The molecule has 0 atom stereocenters. The fourth-order valence-corrected chi connectivity index (χ4v) is 8.70. The van der Waals surface area contributed by atoms with Gasteiger partial charge in [-0.3, -0.25) is 0 Å². The monoisotopic (exact) mass is 654 g/mol. The Kier molecular flexibility index (Phi) is 6.38. The summed E-state index contributed by atoms with van der Waals surface area (Å²) in [6.07, 6.45) is 0. The number of hydrogen-bond acceptors (Lipinski definition) is 4. The summed E-state index contributed by atoms with van der Waals surface area (Å²) in [5.41, 5.74) is 7.93. The number of benzene rings is 7. The molecule has 0 bridgehead atoms. The molecule has 10 aromatic rings. The molecule has 3 heterocycles. The summed E-state index contributed by atoms with van der Waals surface area (Å²) in [6.45, 7) is 0. The highest BCUT2D eigenvalue weighted by atomic mass is 32.1. The molecule has 0 radical (unpaired) electrons. The Hall–Kier alpha value is -6.61. The molecule has 10 rings (SSSR count). The Labute approximate surface area is 291 Å². The van der Waals surface area contributed by atoms with Crippen molar-refractivity contribution in [3.63, 3.8) is 0 Å². The third kappa shape index (κ3) is 4.29. The van der Waals surface area contributed by atoms with Gasteiger partial charge in [-0.2, -0.15) is 5.26 Å². The van der Waals surface area contributed by atoms with Crippen LogP contribution in [0.5, 0.6) is 0 Å². The summed E-state index contributed by atoms with van der Waals surface area (Å²) in [7, 11) is 0. The minimum absolute atomic E-state index is 0.466. The summed E-state index contributed by atoms with van der Waals surface area (Å²) < 4.78 is 4.73. The summed E-state index contributed by atoms with van der Waals surface area (Å²) >= 11 is 1.80. The topological polar surface area (TPSA) is 54.5 Å². The second kappa shape index (κ2) is 11.2. The normalized spacial score (nSPS) is 11.6. The predicted molar refractivity (Wildman–Crippen MR) is 208 cm³/mol. The van der Waals surface area contributed by atoms with Gasteiger partial charge in [-0.25, -0.2) is 9.97 Å². The summed E-state index contributed by atoms with van der Waals surface area (Å²) in [5.74, 6) is 0.590. The summed E-state index contributed by atoms with van der Waals surface area (Å²) in [6, 6.07) is 57.2. The lowest BCUT2D eigenvalue weighted by Gasteiger charge is -2.14. The largest absolute Gasteiger partial charge is 0.309 e. The second-order valence-electron chi connectivity index (χ2n) is 12.5. The fourth-order valence-electron chi connectivity index (χ4n) is 7.41. The number of thiophene rings is 1. The average molecular weight is 655 g/mol. The molecule has 4 nitrogen and oxygen atoms in total. The molecular weight excluding hydrogens is 629 g/mol. The molecule has 0 fully saturated rings. The van der Waals surface area contributed by atoms with Crippen molar-refractivity contribution in [2.45, 2.75) is 0 Å². The second-order valence-corrected chi connectivity index (χ2v) is 13.5. The van der Waals surface area contributed by atoms with Gasteiger partial charge in [-0.1, -0.05) is 121 Å². The van der Waals surface area contributed by atoms with Gasteiger partial charge in [-0.05, 0) is 47.2 Å². The number of nitrogens with zero attached hydrogens (tertiary/aromatic N) is 4. The van der Waals surface area contributed by atoms with Crippen molar-refractivity contribution in [2.75, 3.05) is 0 Å². The first-order valence-electron chi connectivity index (χ1n) is 16.6. The molecule has 0 aliphatic carbocycles. The molecule has 50 heavy (non-hydrogen) atoms. The van der Waals surface area contributed by atoms with Crippen LogP contribution in [0.15, 0.2) is 158 Å². The first-order chi connectivity index (χ1) is 24.8. The highest BCUT2D eigenvalue weighted by Gasteiger charge is 2.23. The van der Waals surface area contributed by atoms with Crippen molar-refractivity contribution in [1.29, 1.82) is 5.26 Å². The molecule has 0 saturated heterocycles. The minimum Gasteiger partial charge on any atom is -0.309 e. The van der Waals surface area contributed by atoms with Crippen LogP contribution in [-0.4, -0.2) is 14.5 Å². The molecule has 0 saturated carbocycles. The van der Waals surface area contributed by atoms with Gasteiger partial charge in [-0.15, -0.1) is 11.3 Å². The van der Waals surface area contributed by atoms with E-state index in [4.69, 9.17) is 9.97 Å². The Morgan fingerprint density at radius 2 is 1.28 bits per heavy atom. The Morgan fingerprint density at radius 1 is 0.540 bits per heavy atom. The molecule has 0 aliphatic heterocycles. The number of hydrogen-bond donors (Lipinski definition) is 0. The number of para-hydroxylation sites is 2. The molecular formula is C45H26N4S. The van der Waals surface area contributed by atoms with Gasteiger partial charge < -0.3 is 4.57 Å². The number of aromatic nitrogens is 3. The molecule has 7 aromatic carbocycles. The predicted octanol–water partition coefficient (Wildman–Crippen LogP) is 12.0. The van der Waals surface area contributed by atoms with Gasteiger partial charge in [0, 0.05) is 53.3 Å². The first kappa shape index (κ1) is 28.4. The van der Waals surface area contributed by atoms with Crippen LogP contribution in [0, 0.1) is 11.3 Å². The van der Waals surface area contributed by atoms with Gasteiger partial charge in [0.2, 0.25) is 0 Å². The Bertz CT molecular complexity index is 2990. The molecule has 0 spiro atoms. The van der Waals surface area contributed by atoms with Crippen LogP contribution < -0.4 is 0 Å². The number of rotatable bonds is 4. The van der Waals surface area contributed by atoms with Crippen LogP contribution in [0.1, 0.15) is 5.56 Å². The van der Waals surface area contributed by atoms with Crippen molar-refractivity contribution in [3.8, 4) is 45.7 Å². The number of nitriles is 1. The van der Waals surface area contributed by atoms with E-state index in [0.29, 0.717) is 22.8 Å². The van der Waals surface area contributed by atoms with E-state index < -0.39 is 0 Å². The van der Waals surface area contributed by atoms with E-state index in [2.05, 4.69) is 126 Å². The zero-order chi connectivity index (χ0) is 33.2. The summed E-state index contributed by atoms with van der Waals surface area (Å²) in [5, 5.41) is 17.8. The Morgan fingerprint density at radius 3 is 2.12 bits per heavy atom. The van der Waals surface area contributed by atoms with Crippen LogP contribution in [0.4, 0.5) is 0 Å². The molecule has 0 amide bonds. The molecule has 232 valence electrons. The lowest BCUT2D eigenvalue weighted by molar-refractivity contribution is 1.17. The smallest absolute Gasteiger partial charge is 0.160 e. The van der Waals surface area contributed by atoms with Gasteiger partial charge in [0.15, 0.2) is 5.82 Å². The van der Waals surface area contributed by atoms with Gasteiger partial charge in [0.05, 0.1) is 22.4 Å². The van der Waals surface area contributed by atoms with Crippen LogP contribution in [0.3, 0.4) is 0 Å². The van der Waals surface area contributed by atoms with Crippen LogP contribution >= 0.6 is 11.3 Å². The quantitative estimate of drug-likeness (QED) is 0.190. The van der Waals surface area contributed by atoms with Crippen molar-refractivity contribution in [2.24, 2.45) is 0 Å². The maximum Gasteiger partial charge on any atom is 0.160 e. The molecule has 5 heteroatoms. The van der Waals surface area contributed by atoms with Crippen LogP contribution in [0.25, 0.3) is 92.3 Å². The highest BCUT2D eigenvalue weighted by Crippen LogP contribution is 2.47. The zero-order valence-corrected chi connectivity index (χ0v) is 27.5. The van der Waals surface area contributed by atoms with Crippen LogP contribution in [-0.2, 0) is 0 Å². The van der Waals surface area contributed by atoms with Crippen molar-refractivity contribution >= 4 is 64.1 Å². The van der Waals surface area contributed by atoms with Crippen LogP contribution in [0.2, 0.25) is 0 Å². The lowest BCUT2D eigenvalue weighted by Crippen LogP contribution is -2.01. The fraction of sp³-hybridized carbons (Fsp3) is 0. The Balaban J connectivity index is 1.29. The van der Waals surface area contributed by atoms with Gasteiger partial charge >= 0.3 is 0 Å². The molecule has 0 N–H and O–H groups in total. The first-order valence-corrected chi connectivity index (χ1v) is 17.4. The third-order valence-corrected chi connectivity index (χ3v) is 10.8. The number of fused-ring (bicyclic) bond motifs is 8. The minimum atomic E-state index is 0.466. The lowest BCUT2D eigenvalue weighted by atomic mass is 9.95. The van der Waals surface area contributed by atoms with Crippen molar-refractivity contribution in [1.82, 2.24) is 14.5 Å². The zero-order valence-electron chi connectivity index (χ0n) is 26.7. The van der Waals surface area contributed by atoms with Gasteiger partial charge in [0.1, 0.15) is 11.6 Å².